The zero-order valence-electron chi connectivity index (χ0n) is 26.4. The lowest BCUT2D eigenvalue weighted by atomic mass is 9.92. The van der Waals surface area contributed by atoms with E-state index in [4.69, 9.17) is 0 Å². The van der Waals surface area contributed by atoms with Crippen LogP contribution < -0.4 is 10.6 Å². The van der Waals surface area contributed by atoms with Crippen LogP contribution >= 0.6 is 0 Å². The quantitative estimate of drug-likeness (QED) is 0.180. The van der Waals surface area contributed by atoms with E-state index in [1.165, 1.54) is 0 Å². The Morgan fingerprint density at radius 2 is 1.50 bits per heavy atom. The van der Waals surface area contributed by atoms with Crippen molar-refractivity contribution in [1.82, 2.24) is 20.6 Å². The molecule has 1 saturated heterocycles. The van der Waals surface area contributed by atoms with Crippen molar-refractivity contribution in [1.29, 1.82) is 0 Å². The first-order valence-electron chi connectivity index (χ1n) is 15.3. The smallest absolute Gasteiger partial charge is 0.303 e. The number of carboxylic acids is 2. The Bertz CT molecular complexity index is 1560. The largest absolute Gasteiger partial charge is 0.481 e. The number of carboxylic acid groups (broad SMARTS) is 2. The van der Waals surface area contributed by atoms with Gasteiger partial charge in [0.2, 0.25) is 11.8 Å². The Balaban J connectivity index is 1.76. The van der Waals surface area contributed by atoms with Gasteiger partial charge in [0.15, 0.2) is 5.72 Å². The van der Waals surface area contributed by atoms with Crippen molar-refractivity contribution in [3.63, 3.8) is 0 Å². The Hall–Kier alpha value is -4.12. The number of aliphatic hydroxyl groups is 1. The molecule has 0 bridgehead atoms. The summed E-state index contributed by atoms with van der Waals surface area (Å²) in [5.41, 5.74) is 6.78. The van der Waals surface area contributed by atoms with Crippen LogP contribution in [0.4, 0.5) is 0 Å². The topological polar surface area (TPSA) is 185 Å². The Kier molecular flexibility index (Phi) is 9.58. The first-order chi connectivity index (χ1) is 20.7. The van der Waals surface area contributed by atoms with E-state index < -0.39 is 17.7 Å². The molecule has 2 aliphatic heterocycles. The van der Waals surface area contributed by atoms with Crippen LogP contribution in [0, 0.1) is 25.7 Å². The van der Waals surface area contributed by atoms with Gasteiger partial charge in [-0.05, 0) is 80.4 Å². The molecule has 11 heteroatoms. The molecule has 0 saturated carbocycles. The number of aromatic nitrogens is 2. The average Bonchev–Trinajstić information content (AvgIpc) is 3.57. The molecule has 4 heterocycles. The summed E-state index contributed by atoms with van der Waals surface area (Å²) in [6.45, 7) is 11.4. The van der Waals surface area contributed by atoms with Crippen LogP contribution in [0.1, 0.15) is 98.4 Å². The normalized spacial score (nSPS) is 22.7. The third-order valence-electron chi connectivity index (χ3n) is 9.49. The average molecular weight is 609 g/mol. The molecule has 0 radical (unpaired) electrons. The molecule has 2 aromatic heterocycles. The second kappa shape index (κ2) is 12.9. The summed E-state index contributed by atoms with van der Waals surface area (Å²) >= 11 is 0. The van der Waals surface area contributed by atoms with Gasteiger partial charge in [-0.25, -0.2) is 0 Å². The van der Waals surface area contributed by atoms with E-state index in [1.807, 2.05) is 40.7 Å². The van der Waals surface area contributed by atoms with Gasteiger partial charge in [-0.15, -0.1) is 0 Å². The van der Waals surface area contributed by atoms with E-state index in [9.17, 15) is 34.5 Å². The number of allylic oxidation sites excluding steroid dienone is 1. The second-order valence-electron chi connectivity index (χ2n) is 12.1. The maximum Gasteiger partial charge on any atom is 0.303 e. The summed E-state index contributed by atoms with van der Waals surface area (Å²) in [5.74, 6) is -2.26. The molecule has 2 aliphatic rings. The Labute approximate surface area is 257 Å². The van der Waals surface area contributed by atoms with Crippen molar-refractivity contribution >= 4 is 29.8 Å². The van der Waals surface area contributed by atoms with Crippen LogP contribution in [-0.2, 0) is 44.9 Å². The maximum absolute atomic E-state index is 12.5. The fraction of sp³-hybridized carbons (Fsp3) is 0.515. The van der Waals surface area contributed by atoms with Crippen LogP contribution in [0.3, 0.4) is 0 Å². The van der Waals surface area contributed by atoms with Crippen LogP contribution in [-0.4, -0.2) is 54.8 Å². The van der Waals surface area contributed by atoms with Crippen LogP contribution in [0.5, 0.6) is 0 Å². The summed E-state index contributed by atoms with van der Waals surface area (Å²) in [7, 11) is 0. The molecule has 0 aliphatic carbocycles. The molecule has 0 aromatic carbocycles. The van der Waals surface area contributed by atoms with E-state index in [-0.39, 0.29) is 49.3 Å². The van der Waals surface area contributed by atoms with Crippen molar-refractivity contribution in [2.45, 2.75) is 98.6 Å². The van der Waals surface area contributed by atoms with E-state index in [0.717, 1.165) is 51.5 Å². The number of aromatic amines is 2. The fourth-order valence-corrected chi connectivity index (χ4v) is 6.73. The van der Waals surface area contributed by atoms with Crippen LogP contribution in [0.25, 0.3) is 6.08 Å². The monoisotopic (exact) mass is 608 g/mol. The van der Waals surface area contributed by atoms with Gasteiger partial charge in [0.05, 0.1) is 0 Å². The maximum atomic E-state index is 12.5. The minimum Gasteiger partial charge on any atom is -0.481 e. The second-order valence-corrected chi connectivity index (χ2v) is 12.1. The van der Waals surface area contributed by atoms with Crippen LogP contribution in [0.2, 0.25) is 0 Å². The number of aliphatic carboxylic acids is 2. The van der Waals surface area contributed by atoms with Gasteiger partial charge < -0.3 is 35.9 Å². The number of carbonyl (C=O) groups is 4. The molecule has 7 N–H and O–H groups in total. The van der Waals surface area contributed by atoms with Gasteiger partial charge >= 0.3 is 11.9 Å². The molecule has 44 heavy (non-hydrogen) atoms. The number of rotatable bonds is 13. The van der Waals surface area contributed by atoms with Gasteiger partial charge in [-0.2, -0.15) is 0 Å². The van der Waals surface area contributed by atoms with E-state index in [0.29, 0.717) is 36.1 Å². The number of nitrogens with one attached hydrogen (secondary N) is 4. The Morgan fingerprint density at radius 1 is 0.909 bits per heavy atom. The summed E-state index contributed by atoms with van der Waals surface area (Å²) < 4.78 is 0. The molecule has 1 fully saturated rings. The number of H-pyrrole nitrogens is 2. The molecule has 2 amide bonds. The standard InChI is InChI=1S/C33H44N4O7/c1-7-20-18(5)31(42)36-25(20)13-24-16(3)22(9-11-29(38)39)26(34-24)14-27-23(10-12-30(40)41)17(4)28(35-27)15-33(44)19(6)21(8-2)32(43)37-33/h13,18,20,34-35,44H,7-12,14-15H2,1-6H3,(H,36,42)(H,37,43)(H,38,39)(H,40,41)/b25-13+/t18-,20-,33+/m1/s1. The molecule has 0 unspecified atom stereocenters. The fourth-order valence-electron chi connectivity index (χ4n) is 6.73. The molecule has 238 valence electrons. The summed E-state index contributed by atoms with van der Waals surface area (Å²) in [6, 6.07) is 0. The van der Waals surface area contributed by atoms with E-state index >= 15 is 0 Å². The first kappa shape index (κ1) is 32.8. The minimum atomic E-state index is -1.56. The van der Waals surface area contributed by atoms with E-state index in [2.05, 4.69) is 20.6 Å². The highest BCUT2D eigenvalue weighted by molar-refractivity contribution is 5.98. The van der Waals surface area contributed by atoms with Gasteiger partial charge in [-0.1, -0.05) is 20.8 Å². The predicted octanol–water partition coefficient (Wildman–Crippen LogP) is 3.81. The van der Waals surface area contributed by atoms with Gasteiger partial charge in [0, 0.05) is 71.6 Å². The lowest BCUT2D eigenvalue weighted by Gasteiger charge is -2.25. The predicted molar refractivity (Wildman–Crippen MR) is 165 cm³/mol. The van der Waals surface area contributed by atoms with E-state index in [1.54, 1.807) is 6.92 Å². The summed E-state index contributed by atoms with van der Waals surface area (Å²) in [4.78, 5) is 54.9. The van der Waals surface area contributed by atoms with Crippen molar-refractivity contribution in [3.8, 4) is 0 Å². The lowest BCUT2D eigenvalue weighted by molar-refractivity contribution is -0.138. The SMILES string of the molecule is CCC1=C(C)[C@@](O)(Cc2[nH]c(Cc3[nH]c(/C=C4/NC(=O)[C@H](C)[C@H]4CC)c(C)c3CCC(=O)O)c(CCC(=O)O)c2C)NC1=O. The number of hydrogen-bond donors (Lipinski definition) is 7. The highest BCUT2D eigenvalue weighted by Crippen LogP contribution is 2.35. The summed E-state index contributed by atoms with van der Waals surface area (Å²) in [6.07, 6.45) is 4.05. The van der Waals surface area contributed by atoms with Crippen molar-refractivity contribution in [3.05, 3.63) is 61.9 Å². The molecular weight excluding hydrogens is 564 g/mol. The van der Waals surface area contributed by atoms with Crippen molar-refractivity contribution < 1.29 is 34.5 Å². The van der Waals surface area contributed by atoms with Gasteiger partial charge in [0.1, 0.15) is 0 Å². The van der Waals surface area contributed by atoms with Gasteiger partial charge in [-0.3, -0.25) is 19.2 Å². The minimum absolute atomic E-state index is 0.0210. The Morgan fingerprint density at radius 3 is 2.05 bits per heavy atom. The van der Waals surface area contributed by atoms with Crippen molar-refractivity contribution in [2.75, 3.05) is 0 Å². The molecular formula is C33H44N4O7. The number of carbonyl (C=O) groups excluding carboxylic acids is 2. The third kappa shape index (κ3) is 6.38. The zero-order valence-corrected chi connectivity index (χ0v) is 26.4. The third-order valence-corrected chi connectivity index (χ3v) is 9.49. The molecule has 11 nitrogen and oxygen atoms in total. The molecule has 2 aromatic rings. The number of hydrogen-bond acceptors (Lipinski definition) is 5. The molecule has 3 atom stereocenters. The van der Waals surface area contributed by atoms with Crippen LogP contribution in [0.15, 0.2) is 16.8 Å². The molecule has 0 spiro atoms. The molecule has 4 rings (SSSR count). The lowest BCUT2D eigenvalue weighted by Crippen LogP contribution is -2.46. The van der Waals surface area contributed by atoms with Gasteiger partial charge in [0.25, 0.3) is 0 Å². The highest BCUT2D eigenvalue weighted by atomic mass is 16.4. The first-order valence-corrected chi connectivity index (χ1v) is 15.3. The highest BCUT2D eigenvalue weighted by Gasteiger charge is 2.41. The summed E-state index contributed by atoms with van der Waals surface area (Å²) in [5, 5.41) is 36.1. The van der Waals surface area contributed by atoms with Crippen molar-refractivity contribution in [2.24, 2.45) is 11.8 Å². The number of amides is 2. The zero-order chi connectivity index (χ0) is 32.5.